The van der Waals surface area contributed by atoms with Crippen LogP contribution in [0.4, 0.5) is 13.2 Å². The van der Waals surface area contributed by atoms with Crippen molar-refractivity contribution >= 4 is 5.97 Å². The van der Waals surface area contributed by atoms with Gasteiger partial charge in [0.25, 0.3) is 0 Å². The number of carbonyl (C=O) groups excluding carboxylic acids is 1. The first-order valence-electron chi connectivity index (χ1n) is 6.84. The molecule has 0 saturated heterocycles. The van der Waals surface area contributed by atoms with Crippen molar-refractivity contribution in [3.63, 3.8) is 0 Å². The molecule has 0 fully saturated rings. The van der Waals surface area contributed by atoms with E-state index < -0.39 is 24.8 Å². The molecule has 0 radical (unpaired) electrons. The molecule has 0 amide bonds. The van der Waals surface area contributed by atoms with E-state index in [1.54, 1.807) is 18.3 Å². The number of halogens is 3. The largest absolute Gasteiger partial charge is 0.455 e. The first kappa shape index (κ1) is 17.0. The summed E-state index contributed by atoms with van der Waals surface area (Å²) in [6.45, 7) is -1.63. The number of ether oxygens (including phenoxy) is 1. The van der Waals surface area contributed by atoms with Crippen LogP contribution < -0.4 is 5.73 Å². The maximum atomic E-state index is 12.0. The third-order valence-electron chi connectivity index (χ3n) is 3.03. The minimum Gasteiger partial charge on any atom is -0.455 e. The van der Waals surface area contributed by atoms with Gasteiger partial charge in [0.05, 0.1) is 5.69 Å². The number of pyridine rings is 1. The van der Waals surface area contributed by atoms with Gasteiger partial charge in [0.1, 0.15) is 6.04 Å². The van der Waals surface area contributed by atoms with Crippen molar-refractivity contribution in [2.24, 2.45) is 5.73 Å². The Morgan fingerprint density at radius 1 is 1.17 bits per heavy atom. The van der Waals surface area contributed by atoms with Gasteiger partial charge in [-0.1, -0.05) is 36.4 Å². The normalized spacial score (nSPS) is 12.7. The van der Waals surface area contributed by atoms with Gasteiger partial charge in [0.2, 0.25) is 0 Å². The summed E-state index contributed by atoms with van der Waals surface area (Å²) in [6, 6.07) is 11.8. The number of nitrogens with two attached hydrogens (primary N) is 1. The number of esters is 1. The van der Waals surface area contributed by atoms with Gasteiger partial charge in [-0.2, -0.15) is 13.2 Å². The zero-order chi connectivity index (χ0) is 16.9. The van der Waals surface area contributed by atoms with Crippen molar-refractivity contribution in [1.29, 1.82) is 0 Å². The summed E-state index contributed by atoms with van der Waals surface area (Å²) in [7, 11) is 0. The smallest absolute Gasteiger partial charge is 0.422 e. The highest BCUT2D eigenvalue weighted by atomic mass is 19.4. The molecule has 0 aliphatic carbocycles. The Hall–Kier alpha value is -2.41. The third-order valence-corrected chi connectivity index (χ3v) is 3.03. The van der Waals surface area contributed by atoms with E-state index in [-0.39, 0.29) is 6.42 Å². The van der Waals surface area contributed by atoms with Crippen LogP contribution in [0.3, 0.4) is 0 Å². The van der Waals surface area contributed by atoms with Crippen molar-refractivity contribution in [1.82, 2.24) is 4.98 Å². The first-order chi connectivity index (χ1) is 10.8. The maximum absolute atomic E-state index is 12.0. The molecule has 2 rings (SSSR count). The van der Waals surface area contributed by atoms with E-state index in [4.69, 9.17) is 5.73 Å². The molecule has 2 aromatic rings. The fourth-order valence-electron chi connectivity index (χ4n) is 1.92. The molecule has 4 nitrogen and oxygen atoms in total. The third kappa shape index (κ3) is 5.37. The number of carbonyl (C=O) groups is 1. The molecule has 7 heteroatoms. The molecule has 1 heterocycles. The van der Waals surface area contributed by atoms with Crippen molar-refractivity contribution in [2.75, 3.05) is 6.61 Å². The second-order valence-electron chi connectivity index (χ2n) is 4.95. The molecule has 23 heavy (non-hydrogen) atoms. The van der Waals surface area contributed by atoms with E-state index in [1.807, 2.05) is 30.3 Å². The summed E-state index contributed by atoms with van der Waals surface area (Å²) in [4.78, 5) is 15.7. The van der Waals surface area contributed by atoms with Gasteiger partial charge in [-0.25, -0.2) is 0 Å². The molecule has 122 valence electrons. The average molecular weight is 324 g/mol. The topological polar surface area (TPSA) is 65.2 Å². The van der Waals surface area contributed by atoms with Crippen LogP contribution in [0.2, 0.25) is 0 Å². The summed E-state index contributed by atoms with van der Waals surface area (Å²) in [5.41, 5.74) is 7.89. The van der Waals surface area contributed by atoms with Crippen LogP contribution in [-0.2, 0) is 16.0 Å². The quantitative estimate of drug-likeness (QED) is 0.859. The van der Waals surface area contributed by atoms with E-state index in [0.29, 0.717) is 5.56 Å². The lowest BCUT2D eigenvalue weighted by Crippen LogP contribution is -2.36. The van der Waals surface area contributed by atoms with Gasteiger partial charge in [-0.3, -0.25) is 9.78 Å². The first-order valence-corrected chi connectivity index (χ1v) is 6.84. The maximum Gasteiger partial charge on any atom is 0.422 e. The zero-order valence-electron chi connectivity index (χ0n) is 12.1. The van der Waals surface area contributed by atoms with Gasteiger partial charge in [0.15, 0.2) is 6.61 Å². The number of hydrogen-bond donors (Lipinski definition) is 1. The Kier molecular flexibility index (Phi) is 5.33. The lowest BCUT2D eigenvalue weighted by Gasteiger charge is -2.13. The monoisotopic (exact) mass is 324 g/mol. The van der Waals surface area contributed by atoms with Gasteiger partial charge < -0.3 is 10.5 Å². The predicted octanol–water partition coefficient (Wildman–Crippen LogP) is 2.72. The number of aromatic nitrogens is 1. The van der Waals surface area contributed by atoms with Crippen molar-refractivity contribution < 1.29 is 22.7 Å². The number of benzene rings is 1. The van der Waals surface area contributed by atoms with Crippen LogP contribution in [0.15, 0.2) is 48.7 Å². The molecular weight excluding hydrogens is 309 g/mol. The Morgan fingerprint density at radius 3 is 2.43 bits per heavy atom. The summed E-state index contributed by atoms with van der Waals surface area (Å²) in [5, 5.41) is 0. The van der Waals surface area contributed by atoms with Crippen LogP contribution >= 0.6 is 0 Å². The number of rotatable bonds is 5. The minimum atomic E-state index is -4.56. The van der Waals surface area contributed by atoms with Gasteiger partial charge in [-0.05, 0) is 18.1 Å². The fraction of sp³-hybridized carbons (Fsp3) is 0.250. The molecule has 1 atom stereocenters. The number of nitrogens with zero attached hydrogens (tertiary/aromatic N) is 1. The Morgan fingerprint density at radius 2 is 1.87 bits per heavy atom. The molecule has 0 saturated carbocycles. The average Bonchev–Trinajstić information content (AvgIpc) is 2.53. The van der Waals surface area contributed by atoms with Crippen LogP contribution in [0.25, 0.3) is 11.3 Å². The van der Waals surface area contributed by atoms with Gasteiger partial charge in [0, 0.05) is 11.8 Å². The second kappa shape index (κ2) is 7.23. The fourth-order valence-corrected chi connectivity index (χ4v) is 1.92. The van der Waals surface area contributed by atoms with Crippen LogP contribution in [0, 0.1) is 0 Å². The standard InChI is InChI=1S/C16H15F3N2O2/c17-16(18,19)10-23-15(22)13(20)8-11-6-7-14(21-9-11)12-4-2-1-3-5-12/h1-7,9,13H,8,10,20H2/t13-/m0/s1. The molecule has 0 aliphatic rings. The van der Waals surface area contributed by atoms with Crippen LogP contribution in [-0.4, -0.2) is 29.8 Å². The molecule has 1 aromatic carbocycles. The van der Waals surface area contributed by atoms with E-state index in [0.717, 1.165) is 11.3 Å². The Bertz CT molecular complexity index is 643. The molecule has 0 unspecified atom stereocenters. The van der Waals surface area contributed by atoms with Gasteiger partial charge in [-0.15, -0.1) is 0 Å². The highest BCUT2D eigenvalue weighted by Gasteiger charge is 2.30. The second-order valence-corrected chi connectivity index (χ2v) is 4.95. The SMILES string of the molecule is N[C@@H](Cc1ccc(-c2ccccc2)nc1)C(=O)OCC(F)(F)F. The van der Waals surface area contributed by atoms with Crippen LogP contribution in [0.1, 0.15) is 5.56 Å². The van der Waals surface area contributed by atoms with Crippen molar-refractivity contribution in [3.8, 4) is 11.3 Å². The van der Waals surface area contributed by atoms with E-state index in [9.17, 15) is 18.0 Å². The molecule has 2 N–H and O–H groups in total. The highest BCUT2D eigenvalue weighted by molar-refractivity contribution is 5.76. The minimum absolute atomic E-state index is 0.0543. The van der Waals surface area contributed by atoms with E-state index in [2.05, 4.69) is 9.72 Å². The summed E-state index contributed by atoms with van der Waals surface area (Å²) >= 11 is 0. The number of alkyl halides is 3. The van der Waals surface area contributed by atoms with E-state index in [1.165, 1.54) is 0 Å². The Labute approximate surface area is 131 Å². The van der Waals surface area contributed by atoms with Crippen LogP contribution in [0.5, 0.6) is 0 Å². The summed E-state index contributed by atoms with van der Waals surface area (Å²) < 4.78 is 40.1. The van der Waals surface area contributed by atoms with Crippen molar-refractivity contribution in [3.05, 3.63) is 54.2 Å². The lowest BCUT2D eigenvalue weighted by atomic mass is 10.1. The predicted molar refractivity (Wildman–Crippen MR) is 78.4 cm³/mol. The Balaban J connectivity index is 1.94. The number of hydrogen-bond acceptors (Lipinski definition) is 4. The van der Waals surface area contributed by atoms with Gasteiger partial charge >= 0.3 is 12.1 Å². The molecular formula is C16H15F3N2O2. The molecule has 1 aromatic heterocycles. The summed E-state index contributed by atoms with van der Waals surface area (Å²) in [5.74, 6) is -1.09. The van der Waals surface area contributed by atoms with Crippen molar-refractivity contribution in [2.45, 2.75) is 18.6 Å². The highest BCUT2D eigenvalue weighted by Crippen LogP contribution is 2.17. The molecule has 0 aliphatic heterocycles. The molecule has 0 spiro atoms. The zero-order valence-corrected chi connectivity index (χ0v) is 12.1. The lowest BCUT2D eigenvalue weighted by molar-refractivity contribution is -0.187. The molecule has 0 bridgehead atoms. The summed E-state index contributed by atoms with van der Waals surface area (Å²) in [6.07, 6.45) is -2.97. The van der Waals surface area contributed by atoms with E-state index >= 15 is 0 Å².